The Morgan fingerprint density at radius 3 is 2.56 bits per heavy atom. The zero-order valence-electron chi connectivity index (χ0n) is 20.3. The number of carbonyl (C=O) groups is 2. The second-order valence-corrected chi connectivity index (χ2v) is 8.95. The minimum atomic E-state index is -0.578. The van der Waals surface area contributed by atoms with Gasteiger partial charge in [0.25, 0.3) is 0 Å². The van der Waals surface area contributed by atoms with Gasteiger partial charge in [0.05, 0.1) is 25.8 Å². The van der Waals surface area contributed by atoms with Crippen molar-refractivity contribution < 1.29 is 19.1 Å². The fourth-order valence-corrected chi connectivity index (χ4v) is 4.89. The molecule has 1 aliphatic heterocycles. The number of methoxy groups -OCH3 is 2. The van der Waals surface area contributed by atoms with Crippen molar-refractivity contribution in [1.82, 2.24) is 20.4 Å². The monoisotopic (exact) mass is 490 g/mol. The van der Waals surface area contributed by atoms with Gasteiger partial charge in [0.1, 0.15) is 5.82 Å². The third-order valence-corrected chi connectivity index (χ3v) is 6.69. The second kappa shape index (κ2) is 10.3. The molecule has 0 radical (unpaired) electrons. The molecule has 1 saturated carbocycles. The van der Waals surface area contributed by atoms with E-state index in [0.717, 1.165) is 31.2 Å². The molecule has 36 heavy (non-hydrogen) atoms. The first-order chi connectivity index (χ1) is 17.6. The molecule has 10 nitrogen and oxygen atoms in total. The largest absolute Gasteiger partial charge is 0.493 e. The van der Waals surface area contributed by atoms with Crippen LogP contribution in [-0.4, -0.2) is 42.0 Å². The number of hydrogen-bond acceptors (Lipinski definition) is 6. The first kappa shape index (κ1) is 23.7. The van der Waals surface area contributed by atoms with Crippen LogP contribution in [0.1, 0.15) is 32.0 Å². The highest BCUT2D eigenvalue weighted by Crippen LogP contribution is 2.32. The molecule has 4 N–H and O–H groups in total. The van der Waals surface area contributed by atoms with Crippen LogP contribution in [0.5, 0.6) is 11.5 Å². The molecule has 2 aromatic carbocycles. The molecule has 3 atom stereocenters. The summed E-state index contributed by atoms with van der Waals surface area (Å²) in [6, 6.07) is 16.2. The van der Waals surface area contributed by atoms with Crippen molar-refractivity contribution >= 4 is 23.4 Å². The third-order valence-electron chi connectivity index (χ3n) is 6.69. The molecular formula is C26H30N6O4. The number of fused-ring (bicyclic) bond motifs is 1. The van der Waals surface area contributed by atoms with Crippen LogP contribution in [0.4, 0.5) is 16.3 Å². The van der Waals surface area contributed by atoms with Gasteiger partial charge in [0.15, 0.2) is 17.8 Å². The summed E-state index contributed by atoms with van der Waals surface area (Å²) in [7, 11) is 3.09. The van der Waals surface area contributed by atoms with Crippen LogP contribution < -0.4 is 30.7 Å². The predicted octanol–water partition coefficient (Wildman–Crippen LogP) is 3.95. The Kier molecular flexibility index (Phi) is 6.77. The second-order valence-electron chi connectivity index (χ2n) is 8.95. The van der Waals surface area contributed by atoms with E-state index in [0.29, 0.717) is 28.7 Å². The Labute approximate surface area is 209 Å². The first-order valence-corrected chi connectivity index (χ1v) is 12.1. The maximum absolute atomic E-state index is 13.0. The number of aromatic nitrogens is 2. The van der Waals surface area contributed by atoms with E-state index in [2.05, 4.69) is 21.3 Å². The molecular weight excluding hydrogens is 460 g/mol. The molecule has 2 aliphatic rings. The molecule has 0 bridgehead atoms. The molecule has 188 valence electrons. The Morgan fingerprint density at radius 1 is 1.00 bits per heavy atom. The average Bonchev–Trinajstić information content (AvgIpc) is 3.32. The van der Waals surface area contributed by atoms with E-state index in [-0.39, 0.29) is 17.9 Å². The number of anilines is 2. The van der Waals surface area contributed by atoms with Gasteiger partial charge in [-0.3, -0.25) is 15.4 Å². The lowest BCUT2D eigenvalue weighted by Gasteiger charge is -2.40. The van der Waals surface area contributed by atoms with E-state index in [4.69, 9.17) is 14.6 Å². The topological polar surface area (TPSA) is 119 Å². The number of amides is 3. The summed E-state index contributed by atoms with van der Waals surface area (Å²) in [6.45, 7) is 0. The van der Waals surface area contributed by atoms with Gasteiger partial charge in [-0.2, -0.15) is 5.10 Å². The van der Waals surface area contributed by atoms with Crippen LogP contribution in [0.25, 0.3) is 11.3 Å². The molecule has 1 aliphatic carbocycles. The number of benzene rings is 2. The zero-order chi connectivity index (χ0) is 25.1. The number of rotatable bonds is 6. The van der Waals surface area contributed by atoms with Gasteiger partial charge in [-0.05, 0) is 25.0 Å². The van der Waals surface area contributed by atoms with E-state index in [1.54, 1.807) is 36.1 Å². The van der Waals surface area contributed by atoms with Crippen LogP contribution in [0.2, 0.25) is 0 Å². The van der Waals surface area contributed by atoms with Crippen LogP contribution in [-0.2, 0) is 4.79 Å². The van der Waals surface area contributed by atoms with Crippen LogP contribution in [0.3, 0.4) is 0 Å². The maximum atomic E-state index is 13.0. The first-order valence-electron chi connectivity index (χ1n) is 12.1. The predicted molar refractivity (Wildman–Crippen MR) is 136 cm³/mol. The lowest BCUT2D eigenvalue weighted by Crippen LogP contribution is -2.59. The van der Waals surface area contributed by atoms with Gasteiger partial charge in [0, 0.05) is 29.4 Å². The van der Waals surface area contributed by atoms with E-state index in [9.17, 15) is 9.59 Å². The highest BCUT2D eigenvalue weighted by molar-refractivity contribution is 5.99. The molecule has 5 rings (SSSR count). The van der Waals surface area contributed by atoms with Crippen molar-refractivity contribution in [3.63, 3.8) is 0 Å². The fraction of sp³-hybridized carbons (Fsp3) is 0.346. The molecule has 3 unspecified atom stereocenters. The SMILES string of the molecule is COc1ccc(NC(=O)Nc2cc(-c3ccccc3)nn2C2NC(=O)C3CCCCC3N2)cc1OC. The van der Waals surface area contributed by atoms with Crippen LogP contribution in [0.15, 0.2) is 54.6 Å². The zero-order valence-corrected chi connectivity index (χ0v) is 20.3. The lowest BCUT2D eigenvalue weighted by atomic mass is 9.83. The molecule has 10 heteroatoms. The van der Waals surface area contributed by atoms with Gasteiger partial charge in [-0.25, -0.2) is 9.48 Å². The number of urea groups is 1. The van der Waals surface area contributed by atoms with E-state index >= 15 is 0 Å². The summed E-state index contributed by atoms with van der Waals surface area (Å²) < 4.78 is 12.2. The number of nitrogens with one attached hydrogen (secondary N) is 4. The van der Waals surface area contributed by atoms with Crippen LogP contribution >= 0.6 is 0 Å². The standard InChI is InChI=1S/C26H30N6O4/c1-35-21-13-12-17(14-22(21)36-2)27-26(34)29-23-15-20(16-8-4-3-5-9-16)31-32(23)25-28-19-11-7-6-10-18(19)24(33)30-25/h3-5,8-9,12-15,18-19,25,28H,6-7,10-11H2,1-2H3,(H,30,33)(H2,27,29,34). The number of carbonyl (C=O) groups excluding carboxylic acids is 2. The minimum absolute atomic E-state index is 0.0148. The summed E-state index contributed by atoms with van der Waals surface area (Å²) in [6.07, 6.45) is 3.38. The number of hydrogen-bond donors (Lipinski definition) is 4. The minimum Gasteiger partial charge on any atom is -0.493 e. The molecule has 3 amide bonds. The van der Waals surface area contributed by atoms with E-state index < -0.39 is 12.3 Å². The van der Waals surface area contributed by atoms with Crippen molar-refractivity contribution in [1.29, 1.82) is 0 Å². The summed E-state index contributed by atoms with van der Waals surface area (Å²) in [4.78, 5) is 25.8. The van der Waals surface area contributed by atoms with Gasteiger partial charge >= 0.3 is 6.03 Å². The lowest BCUT2D eigenvalue weighted by molar-refractivity contribution is -0.132. The number of nitrogens with zero attached hydrogens (tertiary/aromatic N) is 2. The summed E-state index contributed by atoms with van der Waals surface area (Å²) in [5.41, 5.74) is 2.12. The van der Waals surface area contributed by atoms with Crippen molar-refractivity contribution in [2.24, 2.45) is 5.92 Å². The third kappa shape index (κ3) is 4.85. The molecule has 1 saturated heterocycles. The van der Waals surface area contributed by atoms with Crippen molar-refractivity contribution in [2.45, 2.75) is 38.0 Å². The van der Waals surface area contributed by atoms with Crippen molar-refractivity contribution in [3.8, 4) is 22.8 Å². The van der Waals surface area contributed by atoms with Gasteiger partial charge in [-0.1, -0.05) is 43.2 Å². The maximum Gasteiger partial charge on any atom is 0.324 e. The van der Waals surface area contributed by atoms with Gasteiger partial charge in [0.2, 0.25) is 5.91 Å². The van der Waals surface area contributed by atoms with E-state index in [1.165, 1.54) is 7.11 Å². The Balaban J connectivity index is 1.40. The summed E-state index contributed by atoms with van der Waals surface area (Å²) in [5.74, 6) is 1.49. The smallest absolute Gasteiger partial charge is 0.324 e. The average molecular weight is 491 g/mol. The summed E-state index contributed by atoms with van der Waals surface area (Å²) in [5, 5.41) is 17.0. The fourth-order valence-electron chi connectivity index (χ4n) is 4.89. The normalized spacial score (nSPS) is 21.2. The van der Waals surface area contributed by atoms with Crippen LogP contribution in [0, 0.1) is 5.92 Å². The number of ether oxygens (including phenoxy) is 2. The Hall–Kier alpha value is -4.05. The van der Waals surface area contributed by atoms with Crippen molar-refractivity contribution in [3.05, 3.63) is 54.6 Å². The molecule has 3 aromatic rings. The molecule has 0 spiro atoms. The molecule has 2 heterocycles. The van der Waals surface area contributed by atoms with Gasteiger partial charge in [-0.15, -0.1) is 0 Å². The highest BCUT2D eigenvalue weighted by atomic mass is 16.5. The molecule has 1 aromatic heterocycles. The summed E-state index contributed by atoms with van der Waals surface area (Å²) >= 11 is 0. The Bertz CT molecular complexity index is 1240. The Morgan fingerprint density at radius 2 is 1.78 bits per heavy atom. The quantitative estimate of drug-likeness (QED) is 0.416. The van der Waals surface area contributed by atoms with Crippen molar-refractivity contribution in [2.75, 3.05) is 24.9 Å². The molecule has 2 fully saturated rings. The van der Waals surface area contributed by atoms with Gasteiger partial charge < -0.3 is 20.1 Å². The highest BCUT2D eigenvalue weighted by Gasteiger charge is 2.39. The van der Waals surface area contributed by atoms with E-state index in [1.807, 2.05) is 30.3 Å².